The van der Waals surface area contributed by atoms with Crippen LogP contribution in [0.25, 0.3) is 0 Å². The molecule has 4 fully saturated rings. The smallest absolute Gasteiger partial charge is 0.149 e. The van der Waals surface area contributed by atoms with Gasteiger partial charge < -0.3 is 0 Å². The summed E-state index contributed by atoms with van der Waals surface area (Å²) in [4.78, 5) is 26.0. The van der Waals surface area contributed by atoms with Crippen LogP contribution in [0.2, 0.25) is 0 Å². The summed E-state index contributed by atoms with van der Waals surface area (Å²) in [6, 6.07) is 8.27. The maximum atomic E-state index is 13.0. The molecule has 0 N–H and O–H groups in total. The van der Waals surface area contributed by atoms with Crippen molar-refractivity contribution in [2.24, 2.45) is 23.7 Å². The van der Waals surface area contributed by atoms with Crippen molar-refractivity contribution < 1.29 is 9.59 Å². The minimum atomic E-state index is -0.391. The molecule has 1 spiro atoms. The molecule has 0 heterocycles. The van der Waals surface area contributed by atoms with Gasteiger partial charge >= 0.3 is 0 Å². The van der Waals surface area contributed by atoms with E-state index in [1.54, 1.807) is 0 Å². The first-order valence-corrected chi connectivity index (χ1v) is 7.43. The lowest BCUT2D eigenvalue weighted by atomic mass is 9.40. The van der Waals surface area contributed by atoms with Gasteiger partial charge in [-0.3, -0.25) is 9.59 Å². The van der Waals surface area contributed by atoms with Crippen LogP contribution in [0.1, 0.15) is 30.4 Å². The summed E-state index contributed by atoms with van der Waals surface area (Å²) in [7, 11) is 0. The number of hydrogen-bond acceptors (Lipinski definition) is 2. The van der Waals surface area contributed by atoms with Gasteiger partial charge in [-0.2, -0.15) is 0 Å². The van der Waals surface area contributed by atoms with Crippen molar-refractivity contribution in [1.29, 1.82) is 0 Å². The lowest BCUT2D eigenvalue weighted by Crippen LogP contribution is -2.69. The minimum Gasteiger partial charge on any atom is -0.298 e. The summed E-state index contributed by atoms with van der Waals surface area (Å²) in [6.45, 7) is 0. The van der Waals surface area contributed by atoms with Gasteiger partial charge in [0.05, 0.1) is 10.8 Å². The molecule has 2 heteroatoms. The number of Topliss-reactive ketones (excluding diaryl/α,β-unsaturated/α-hetero) is 2. The summed E-state index contributed by atoms with van der Waals surface area (Å²) in [5, 5.41) is 0. The van der Waals surface area contributed by atoms with Crippen molar-refractivity contribution in [3.05, 3.63) is 35.4 Å². The van der Waals surface area contributed by atoms with E-state index in [4.69, 9.17) is 0 Å². The van der Waals surface area contributed by atoms with E-state index < -0.39 is 5.41 Å². The Morgan fingerprint density at radius 3 is 2.68 bits per heavy atom. The maximum absolute atomic E-state index is 13.0. The third kappa shape index (κ3) is 0.569. The Morgan fingerprint density at radius 2 is 1.84 bits per heavy atom. The molecule has 0 aromatic heterocycles. The standard InChI is InChI=1S/C17H14O2/c18-14-9-7-8-10-5-6-16(14)11-3-1-2-4-12(11)17(10,16)15(19)13(8)9/h1-4,8-10,13H,5-7H2. The molecule has 5 aliphatic carbocycles. The zero-order valence-corrected chi connectivity index (χ0v) is 10.6. The highest BCUT2D eigenvalue weighted by atomic mass is 16.1. The zero-order chi connectivity index (χ0) is 12.6. The van der Waals surface area contributed by atoms with Crippen molar-refractivity contribution >= 4 is 11.6 Å². The van der Waals surface area contributed by atoms with E-state index in [0.717, 1.165) is 19.3 Å². The van der Waals surface area contributed by atoms with Gasteiger partial charge in [-0.1, -0.05) is 24.3 Å². The van der Waals surface area contributed by atoms with Crippen LogP contribution in [0.4, 0.5) is 0 Å². The quantitative estimate of drug-likeness (QED) is 0.705. The molecule has 0 saturated heterocycles. The second-order valence-electron chi connectivity index (χ2n) is 7.16. The minimum absolute atomic E-state index is 0.0734. The zero-order valence-electron chi connectivity index (χ0n) is 10.6. The summed E-state index contributed by atoms with van der Waals surface area (Å²) in [5.41, 5.74) is 1.64. The number of fused-ring (bicyclic) bond motifs is 2. The van der Waals surface area contributed by atoms with Gasteiger partial charge in [0.2, 0.25) is 0 Å². The van der Waals surface area contributed by atoms with Gasteiger partial charge in [0.1, 0.15) is 11.6 Å². The van der Waals surface area contributed by atoms with Crippen LogP contribution in [-0.4, -0.2) is 11.6 Å². The second-order valence-corrected chi connectivity index (χ2v) is 7.16. The van der Waals surface area contributed by atoms with Crippen molar-refractivity contribution in [2.75, 3.05) is 0 Å². The Balaban J connectivity index is 1.81. The van der Waals surface area contributed by atoms with Crippen LogP contribution in [0, 0.1) is 23.7 Å². The Bertz CT molecular complexity index is 703. The molecule has 0 aliphatic heterocycles. The SMILES string of the molecule is O=C1C2CC3C2C(=O)C24c5ccccc5C12CCC34. The van der Waals surface area contributed by atoms with Gasteiger partial charge in [-0.05, 0) is 42.2 Å². The van der Waals surface area contributed by atoms with Crippen molar-refractivity contribution in [3.8, 4) is 0 Å². The number of ketones is 2. The Kier molecular flexibility index (Phi) is 1.16. The lowest BCUT2D eigenvalue weighted by Gasteiger charge is -2.59. The first-order valence-electron chi connectivity index (χ1n) is 7.43. The Hall–Kier alpha value is -1.44. The molecular formula is C17H14O2. The molecule has 6 unspecified atom stereocenters. The molecule has 5 aliphatic rings. The molecule has 6 rings (SSSR count). The van der Waals surface area contributed by atoms with Gasteiger partial charge in [0.15, 0.2) is 0 Å². The van der Waals surface area contributed by atoms with Crippen molar-refractivity contribution in [2.45, 2.75) is 30.1 Å². The first kappa shape index (κ1) is 9.46. The molecule has 2 nitrogen and oxygen atoms in total. The molecule has 1 aromatic rings. The predicted molar refractivity (Wildman–Crippen MR) is 67.6 cm³/mol. The fraction of sp³-hybridized carbons (Fsp3) is 0.529. The molecule has 4 saturated carbocycles. The largest absolute Gasteiger partial charge is 0.298 e. The number of carbonyl (C=O) groups is 2. The molecule has 6 atom stereocenters. The molecule has 2 bridgehead atoms. The highest BCUT2D eigenvalue weighted by Crippen LogP contribution is 2.81. The van der Waals surface area contributed by atoms with Crippen LogP contribution in [0.5, 0.6) is 0 Å². The van der Waals surface area contributed by atoms with Gasteiger partial charge in [-0.15, -0.1) is 0 Å². The van der Waals surface area contributed by atoms with E-state index in [9.17, 15) is 9.59 Å². The second kappa shape index (κ2) is 2.32. The molecule has 1 aromatic carbocycles. The number of rotatable bonds is 0. The molecule has 0 radical (unpaired) electrons. The highest BCUT2D eigenvalue weighted by molar-refractivity contribution is 6.17. The third-order valence-electron chi connectivity index (χ3n) is 7.26. The molecular weight excluding hydrogens is 236 g/mol. The third-order valence-corrected chi connectivity index (χ3v) is 7.26. The monoisotopic (exact) mass is 250 g/mol. The van der Waals surface area contributed by atoms with Crippen molar-refractivity contribution in [3.63, 3.8) is 0 Å². The fourth-order valence-corrected chi connectivity index (χ4v) is 6.86. The Morgan fingerprint density at radius 1 is 1.05 bits per heavy atom. The topological polar surface area (TPSA) is 34.1 Å². The van der Waals surface area contributed by atoms with E-state index in [0.29, 0.717) is 23.4 Å². The van der Waals surface area contributed by atoms with E-state index in [1.165, 1.54) is 11.1 Å². The summed E-state index contributed by atoms with van der Waals surface area (Å²) in [6.07, 6.45) is 3.01. The Labute approximate surface area is 111 Å². The summed E-state index contributed by atoms with van der Waals surface area (Å²) in [5.74, 6) is 2.03. The average Bonchev–Trinajstić information content (AvgIpc) is 2.70. The number of benzene rings is 1. The number of hydrogen-bond donors (Lipinski definition) is 0. The number of carbonyl (C=O) groups excluding carboxylic acids is 2. The van der Waals surface area contributed by atoms with E-state index in [1.807, 2.05) is 12.1 Å². The summed E-state index contributed by atoms with van der Waals surface area (Å²) >= 11 is 0. The molecule has 19 heavy (non-hydrogen) atoms. The average molecular weight is 250 g/mol. The van der Waals surface area contributed by atoms with Gasteiger partial charge in [0, 0.05) is 11.8 Å². The molecule has 94 valence electrons. The fourth-order valence-electron chi connectivity index (χ4n) is 6.86. The van der Waals surface area contributed by atoms with Crippen LogP contribution in [-0.2, 0) is 20.4 Å². The molecule has 0 amide bonds. The normalized spacial score (nSPS) is 54.3. The van der Waals surface area contributed by atoms with Gasteiger partial charge in [-0.25, -0.2) is 0 Å². The summed E-state index contributed by atoms with van der Waals surface area (Å²) < 4.78 is 0. The van der Waals surface area contributed by atoms with Crippen LogP contribution < -0.4 is 0 Å². The van der Waals surface area contributed by atoms with Crippen LogP contribution in [0.3, 0.4) is 0 Å². The van der Waals surface area contributed by atoms with Crippen molar-refractivity contribution in [1.82, 2.24) is 0 Å². The lowest BCUT2D eigenvalue weighted by molar-refractivity contribution is -0.155. The van der Waals surface area contributed by atoms with E-state index in [-0.39, 0.29) is 17.3 Å². The van der Waals surface area contributed by atoms with Gasteiger partial charge in [0.25, 0.3) is 0 Å². The maximum Gasteiger partial charge on any atom is 0.149 e. The highest BCUT2D eigenvalue weighted by Gasteiger charge is 2.87. The first-order chi connectivity index (χ1) is 9.24. The predicted octanol–water partition coefficient (Wildman–Crippen LogP) is 2.00. The van der Waals surface area contributed by atoms with E-state index >= 15 is 0 Å². The van der Waals surface area contributed by atoms with Crippen LogP contribution >= 0.6 is 0 Å². The van der Waals surface area contributed by atoms with E-state index in [2.05, 4.69) is 12.1 Å². The van der Waals surface area contributed by atoms with Crippen LogP contribution in [0.15, 0.2) is 24.3 Å².